The predicted molar refractivity (Wildman–Crippen MR) is 117 cm³/mol. The Hall–Kier alpha value is -3.91. The monoisotopic (exact) mass is 414 g/mol. The lowest BCUT2D eigenvalue weighted by atomic mass is 10.1. The molecule has 0 aliphatic heterocycles. The number of nitrogens with zero attached hydrogens (tertiary/aromatic N) is 5. The first-order chi connectivity index (χ1) is 15.2. The van der Waals surface area contributed by atoms with Crippen LogP contribution in [0.5, 0.6) is 5.75 Å². The van der Waals surface area contributed by atoms with Gasteiger partial charge in [0, 0.05) is 24.5 Å². The number of aryl methyl sites for hydroxylation is 1. The van der Waals surface area contributed by atoms with Crippen LogP contribution in [0, 0.1) is 6.92 Å². The van der Waals surface area contributed by atoms with Crippen molar-refractivity contribution >= 4 is 11.6 Å². The van der Waals surface area contributed by atoms with Gasteiger partial charge in [-0.3, -0.25) is 0 Å². The van der Waals surface area contributed by atoms with Crippen LogP contribution in [0.4, 0.5) is 11.6 Å². The highest BCUT2D eigenvalue weighted by Gasteiger charge is 2.07. The number of pyridine rings is 1. The molecular weight excluding hydrogens is 392 g/mol. The first kappa shape index (κ1) is 20.4. The van der Waals surface area contributed by atoms with Crippen LogP contribution in [0.2, 0.25) is 0 Å². The number of hydrogen-bond donors (Lipinski definition) is 2. The third kappa shape index (κ3) is 5.58. The van der Waals surface area contributed by atoms with Gasteiger partial charge in [-0.05, 0) is 48.9 Å². The zero-order chi connectivity index (χ0) is 21.5. The van der Waals surface area contributed by atoms with Gasteiger partial charge in [0.25, 0.3) is 0 Å². The summed E-state index contributed by atoms with van der Waals surface area (Å²) in [6, 6.07) is 17.0. The van der Waals surface area contributed by atoms with Gasteiger partial charge in [-0.1, -0.05) is 18.2 Å². The van der Waals surface area contributed by atoms with E-state index in [0.29, 0.717) is 29.7 Å². The lowest BCUT2D eigenvalue weighted by Crippen LogP contribution is -2.03. The number of hydrogen-bond acceptors (Lipinski definition) is 8. The number of anilines is 2. The molecular formula is C23H22N6O2. The van der Waals surface area contributed by atoms with E-state index in [9.17, 15) is 0 Å². The van der Waals surface area contributed by atoms with Crippen LogP contribution in [0.3, 0.4) is 0 Å². The predicted octanol–water partition coefficient (Wildman–Crippen LogP) is 3.34. The molecule has 0 spiro atoms. The number of benzene rings is 1. The van der Waals surface area contributed by atoms with Crippen molar-refractivity contribution in [1.82, 2.24) is 24.9 Å². The van der Waals surface area contributed by atoms with Crippen molar-refractivity contribution in [1.29, 1.82) is 0 Å². The third-order valence-electron chi connectivity index (χ3n) is 4.38. The molecule has 1 aromatic carbocycles. The van der Waals surface area contributed by atoms with Crippen LogP contribution < -0.4 is 10.1 Å². The first-order valence-electron chi connectivity index (χ1n) is 9.88. The molecule has 0 aliphatic carbocycles. The number of ether oxygens (including phenoxy) is 1. The molecule has 2 N–H and O–H groups in total. The summed E-state index contributed by atoms with van der Waals surface area (Å²) in [7, 11) is 0. The van der Waals surface area contributed by atoms with Crippen molar-refractivity contribution in [2.24, 2.45) is 0 Å². The van der Waals surface area contributed by atoms with Gasteiger partial charge < -0.3 is 15.2 Å². The average Bonchev–Trinajstić information content (AvgIpc) is 2.79. The highest BCUT2D eigenvalue weighted by molar-refractivity contribution is 5.56. The summed E-state index contributed by atoms with van der Waals surface area (Å²) in [6.07, 6.45) is 3.99. The minimum absolute atomic E-state index is 0.00921. The molecule has 156 valence electrons. The van der Waals surface area contributed by atoms with E-state index in [2.05, 4.69) is 30.2 Å². The molecule has 0 bridgehead atoms. The highest BCUT2D eigenvalue weighted by Crippen LogP contribution is 2.18. The summed E-state index contributed by atoms with van der Waals surface area (Å²) in [4.78, 5) is 22.3. The molecule has 31 heavy (non-hydrogen) atoms. The van der Waals surface area contributed by atoms with Gasteiger partial charge in [0.2, 0.25) is 0 Å². The Labute approximate surface area is 180 Å². The average molecular weight is 414 g/mol. The van der Waals surface area contributed by atoms with Crippen LogP contribution in [0.1, 0.15) is 17.1 Å². The van der Waals surface area contributed by atoms with Crippen molar-refractivity contribution in [2.75, 3.05) is 18.5 Å². The van der Waals surface area contributed by atoms with Crippen LogP contribution in [-0.2, 0) is 6.42 Å². The van der Waals surface area contributed by atoms with Crippen molar-refractivity contribution < 1.29 is 9.84 Å². The number of nitrogens with one attached hydrogen (secondary N) is 1. The van der Waals surface area contributed by atoms with Gasteiger partial charge in [0.1, 0.15) is 35.5 Å². The number of aliphatic hydroxyl groups excluding tert-OH is 1. The van der Waals surface area contributed by atoms with Gasteiger partial charge in [-0.2, -0.15) is 0 Å². The normalized spacial score (nSPS) is 10.6. The third-order valence-corrected chi connectivity index (χ3v) is 4.38. The second-order valence-electron chi connectivity index (χ2n) is 6.81. The molecule has 3 aromatic heterocycles. The van der Waals surface area contributed by atoms with E-state index < -0.39 is 0 Å². The summed E-state index contributed by atoms with van der Waals surface area (Å²) in [5, 5.41) is 12.0. The Bertz CT molecular complexity index is 1150. The van der Waals surface area contributed by atoms with Gasteiger partial charge in [-0.15, -0.1) is 0 Å². The SMILES string of the molecule is Cc1cccc(-c2nccc(Nc3ccnc(Cc4ccc(OCCO)cc4)n3)n2)n1. The zero-order valence-corrected chi connectivity index (χ0v) is 17.1. The smallest absolute Gasteiger partial charge is 0.180 e. The molecule has 0 amide bonds. The molecule has 3 heterocycles. The van der Waals surface area contributed by atoms with E-state index in [1.807, 2.05) is 49.4 Å². The molecule has 8 heteroatoms. The van der Waals surface area contributed by atoms with E-state index in [1.54, 1.807) is 24.5 Å². The van der Waals surface area contributed by atoms with Crippen molar-refractivity contribution in [3.05, 3.63) is 84.1 Å². The van der Waals surface area contributed by atoms with E-state index >= 15 is 0 Å². The van der Waals surface area contributed by atoms with E-state index in [0.717, 1.165) is 22.7 Å². The Kier molecular flexibility index (Phi) is 6.39. The fourth-order valence-electron chi connectivity index (χ4n) is 2.95. The Balaban J connectivity index is 1.46. The molecule has 0 saturated carbocycles. The van der Waals surface area contributed by atoms with Gasteiger partial charge in [-0.25, -0.2) is 24.9 Å². The Morgan fingerprint density at radius 2 is 1.65 bits per heavy atom. The Morgan fingerprint density at radius 1 is 0.871 bits per heavy atom. The lowest BCUT2D eigenvalue weighted by molar-refractivity contribution is 0.201. The fraction of sp³-hybridized carbons (Fsp3) is 0.174. The number of rotatable bonds is 8. The summed E-state index contributed by atoms with van der Waals surface area (Å²) >= 11 is 0. The molecule has 0 aliphatic rings. The number of aliphatic hydroxyl groups is 1. The molecule has 4 rings (SSSR count). The summed E-state index contributed by atoms with van der Waals surface area (Å²) in [5.74, 6) is 3.23. The van der Waals surface area contributed by atoms with Crippen LogP contribution in [0.25, 0.3) is 11.5 Å². The second-order valence-corrected chi connectivity index (χ2v) is 6.81. The van der Waals surface area contributed by atoms with Crippen LogP contribution in [0.15, 0.2) is 67.0 Å². The largest absolute Gasteiger partial charge is 0.491 e. The maximum absolute atomic E-state index is 8.83. The maximum Gasteiger partial charge on any atom is 0.180 e. The van der Waals surface area contributed by atoms with E-state index in [-0.39, 0.29) is 13.2 Å². The standard InChI is InChI=1S/C23H22N6O2/c1-16-3-2-4-19(26-16)23-25-12-10-21(29-23)27-20-9-11-24-22(28-20)15-17-5-7-18(8-6-17)31-14-13-30/h2-12,30H,13-15H2,1H3,(H,24,25,27,28,29). The molecule has 0 saturated heterocycles. The van der Waals surface area contributed by atoms with Crippen molar-refractivity contribution in [2.45, 2.75) is 13.3 Å². The maximum atomic E-state index is 8.83. The summed E-state index contributed by atoms with van der Waals surface area (Å²) in [5.41, 5.74) is 2.69. The zero-order valence-electron chi connectivity index (χ0n) is 17.1. The van der Waals surface area contributed by atoms with Crippen molar-refractivity contribution in [3.63, 3.8) is 0 Å². The fourth-order valence-corrected chi connectivity index (χ4v) is 2.95. The molecule has 4 aromatic rings. The lowest BCUT2D eigenvalue weighted by Gasteiger charge is -2.08. The number of aromatic nitrogens is 5. The summed E-state index contributed by atoms with van der Waals surface area (Å²) < 4.78 is 5.39. The highest BCUT2D eigenvalue weighted by atomic mass is 16.5. The van der Waals surface area contributed by atoms with Gasteiger partial charge in [0.15, 0.2) is 5.82 Å². The molecule has 8 nitrogen and oxygen atoms in total. The molecule has 0 unspecified atom stereocenters. The minimum atomic E-state index is -0.00921. The molecule has 0 atom stereocenters. The quantitative estimate of drug-likeness (QED) is 0.452. The van der Waals surface area contributed by atoms with E-state index in [4.69, 9.17) is 9.84 Å². The first-order valence-corrected chi connectivity index (χ1v) is 9.88. The summed E-state index contributed by atoms with van der Waals surface area (Å²) in [6.45, 7) is 2.20. The minimum Gasteiger partial charge on any atom is -0.491 e. The second kappa shape index (κ2) is 9.73. The topological polar surface area (TPSA) is 106 Å². The molecule has 0 radical (unpaired) electrons. The Morgan fingerprint density at radius 3 is 2.42 bits per heavy atom. The van der Waals surface area contributed by atoms with Crippen LogP contribution >= 0.6 is 0 Å². The molecule has 0 fully saturated rings. The van der Waals surface area contributed by atoms with Crippen molar-refractivity contribution in [3.8, 4) is 17.3 Å². The van der Waals surface area contributed by atoms with E-state index in [1.165, 1.54) is 0 Å². The van der Waals surface area contributed by atoms with Gasteiger partial charge in [0.05, 0.1) is 6.61 Å². The van der Waals surface area contributed by atoms with Gasteiger partial charge >= 0.3 is 0 Å². The van der Waals surface area contributed by atoms with Crippen LogP contribution in [-0.4, -0.2) is 43.2 Å².